The lowest BCUT2D eigenvalue weighted by atomic mass is 9.89. The number of hydrogen-bond donors (Lipinski definition) is 1. The zero-order chi connectivity index (χ0) is 17.1. The Morgan fingerprint density at radius 2 is 2.12 bits per heavy atom. The van der Waals surface area contributed by atoms with Gasteiger partial charge in [-0.2, -0.15) is 0 Å². The van der Waals surface area contributed by atoms with E-state index in [2.05, 4.69) is 5.32 Å². The maximum Gasteiger partial charge on any atom is 0.269 e. The highest BCUT2D eigenvalue weighted by Gasteiger charge is 2.28. The molecule has 0 saturated carbocycles. The summed E-state index contributed by atoms with van der Waals surface area (Å²) in [4.78, 5) is 10.7. The van der Waals surface area contributed by atoms with Crippen molar-refractivity contribution in [2.45, 2.75) is 19.4 Å². The molecule has 0 amide bonds. The molecule has 0 aromatic heterocycles. The maximum absolute atomic E-state index is 11.1. The van der Waals surface area contributed by atoms with Gasteiger partial charge in [0.1, 0.15) is 6.04 Å². The van der Waals surface area contributed by atoms with Gasteiger partial charge in [0.05, 0.1) is 25.2 Å². The average molecular weight is 329 g/mol. The van der Waals surface area contributed by atoms with Crippen LogP contribution >= 0.6 is 0 Å². The van der Waals surface area contributed by atoms with Crippen molar-refractivity contribution >= 4 is 5.69 Å². The molecule has 0 unspecified atom stereocenters. The van der Waals surface area contributed by atoms with Gasteiger partial charge in [0.25, 0.3) is 5.69 Å². The second-order valence-corrected chi connectivity index (χ2v) is 5.74. The molecule has 0 fully saturated rings. The van der Waals surface area contributed by atoms with Crippen molar-refractivity contribution in [3.05, 3.63) is 63.2 Å². The first-order valence-electron chi connectivity index (χ1n) is 8.05. The van der Waals surface area contributed by atoms with E-state index in [1.165, 1.54) is 11.6 Å². The third kappa shape index (κ3) is 3.05. The summed E-state index contributed by atoms with van der Waals surface area (Å²) >= 11 is 0. The summed E-state index contributed by atoms with van der Waals surface area (Å²) in [6.07, 6.45) is 0.935. The molecule has 1 aliphatic rings. The Kier molecular flexibility index (Phi) is 4.66. The van der Waals surface area contributed by atoms with Gasteiger partial charge in [-0.3, -0.25) is 10.1 Å². The normalized spacial score (nSPS) is 16.3. The number of quaternary nitrogens is 1. The van der Waals surface area contributed by atoms with Crippen molar-refractivity contribution < 1.29 is 19.7 Å². The summed E-state index contributed by atoms with van der Waals surface area (Å²) in [7, 11) is 1.62. The molecule has 2 aromatic carbocycles. The molecule has 2 aromatic rings. The number of nitro benzene ring substituents is 1. The highest BCUT2D eigenvalue weighted by molar-refractivity contribution is 5.51. The number of hydrogen-bond acceptors (Lipinski definition) is 4. The van der Waals surface area contributed by atoms with E-state index in [1.807, 2.05) is 25.1 Å². The molecular formula is C18H21N2O4+. The van der Waals surface area contributed by atoms with Gasteiger partial charge in [-0.15, -0.1) is 0 Å². The number of fused-ring (bicyclic) bond motifs is 1. The second kappa shape index (κ2) is 6.88. The fourth-order valence-corrected chi connectivity index (χ4v) is 3.23. The van der Waals surface area contributed by atoms with Crippen molar-refractivity contribution in [1.29, 1.82) is 0 Å². The van der Waals surface area contributed by atoms with Gasteiger partial charge in [-0.1, -0.05) is 12.1 Å². The zero-order valence-corrected chi connectivity index (χ0v) is 13.8. The van der Waals surface area contributed by atoms with Crippen LogP contribution in [0.15, 0.2) is 36.4 Å². The average Bonchev–Trinajstić information content (AvgIpc) is 2.61. The van der Waals surface area contributed by atoms with Crippen LogP contribution in [-0.4, -0.2) is 25.2 Å². The highest BCUT2D eigenvalue weighted by atomic mass is 16.6. The Labute approximate surface area is 140 Å². The van der Waals surface area contributed by atoms with Crippen molar-refractivity contribution in [2.75, 3.05) is 20.3 Å². The van der Waals surface area contributed by atoms with Crippen molar-refractivity contribution in [3.8, 4) is 11.5 Å². The predicted octanol–water partition coefficient (Wildman–Crippen LogP) is 2.21. The SMILES string of the molecule is CCOc1cc2c(cc1OC)[C@H](c1cccc([N+](=O)[O-])c1)[NH2+]CC2. The molecule has 1 heterocycles. The molecule has 0 spiro atoms. The van der Waals surface area contributed by atoms with Crippen LogP contribution in [0.3, 0.4) is 0 Å². The molecule has 126 valence electrons. The molecular weight excluding hydrogens is 308 g/mol. The van der Waals surface area contributed by atoms with Gasteiger partial charge in [0.15, 0.2) is 11.5 Å². The summed E-state index contributed by atoms with van der Waals surface area (Å²) in [6.45, 7) is 3.45. The Bertz CT molecular complexity index is 761. The summed E-state index contributed by atoms with van der Waals surface area (Å²) in [5.74, 6) is 1.44. The monoisotopic (exact) mass is 329 g/mol. The third-order valence-corrected chi connectivity index (χ3v) is 4.32. The second-order valence-electron chi connectivity index (χ2n) is 5.74. The van der Waals surface area contributed by atoms with E-state index in [9.17, 15) is 10.1 Å². The van der Waals surface area contributed by atoms with E-state index in [0.29, 0.717) is 12.4 Å². The Morgan fingerprint density at radius 3 is 2.83 bits per heavy atom. The predicted molar refractivity (Wildman–Crippen MR) is 89.6 cm³/mol. The molecule has 1 atom stereocenters. The van der Waals surface area contributed by atoms with Crippen LogP contribution in [0.2, 0.25) is 0 Å². The molecule has 0 bridgehead atoms. The van der Waals surface area contributed by atoms with Crippen LogP contribution in [-0.2, 0) is 6.42 Å². The number of nitrogens with zero attached hydrogens (tertiary/aromatic N) is 1. The Hall–Kier alpha value is -2.60. The van der Waals surface area contributed by atoms with E-state index in [1.54, 1.807) is 19.2 Å². The van der Waals surface area contributed by atoms with Crippen LogP contribution < -0.4 is 14.8 Å². The fourth-order valence-electron chi connectivity index (χ4n) is 3.23. The standard InChI is InChI=1S/C18H20N2O4/c1-3-24-17-10-12-7-8-19-18(15(12)11-16(17)23-2)13-5-4-6-14(9-13)20(21)22/h4-6,9-11,18-19H,3,7-8H2,1-2H3/p+1/t18-/m0/s1. The first kappa shape index (κ1) is 16.3. The lowest BCUT2D eigenvalue weighted by Crippen LogP contribution is -2.87. The van der Waals surface area contributed by atoms with Gasteiger partial charge in [0.2, 0.25) is 0 Å². The number of ether oxygens (including phenoxy) is 2. The van der Waals surface area contributed by atoms with Gasteiger partial charge < -0.3 is 14.8 Å². The van der Waals surface area contributed by atoms with Crippen LogP contribution in [0.1, 0.15) is 29.7 Å². The van der Waals surface area contributed by atoms with E-state index in [4.69, 9.17) is 9.47 Å². The molecule has 2 N–H and O–H groups in total. The van der Waals surface area contributed by atoms with Gasteiger partial charge in [-0.25, -0.2) is 0 Å². The molecule has 0 aliphatic carbocycles. The maximum atomic E-state index is 11.1. The summed E-state index contributed by atoms with van der Waals surface area (Å²) in [5, 5.41) is 13.3. The summed E-state index contributed by atoms with van der Waals surface area (Å²) in [5.41, 5.74) is 3.38. The quantitative estimate of drug-likeness (QED) is 0.674. The van der Waals surface area contributed by atoms with E-state index < -0.39 is 0 Å². The van der Waals surface area contributed by atoms with E-state index >= 15 is 0 Å². The number of rotatable bonds is 5. The van der Waals surface area contributed by atoms with Crippen LogP contribution in [0.5, 0.6) is 11.5 Å². The van der Waals surface area contributed by atoms with Gasteiger partial charge in [0, 0.05) is 29.7 Å². The molecule has 6 nitrogen and oxygen atoms in total. The van der Waals surface area contributed by atoms with Crippen molar-refractivity contribution in [3.63, 3.8) is 0 Å². The number of non-ortho nitro benzene ring substituents is 1. The smallest absolute Gasteiger partial charge is 0.269 e. The number of methoxy groups -OCH3 is 1. The minimum absolute atomic E-state index is 0.0261. The number of nitro groups is 1. The minimum Gasteiger partial charge on any atom is -0.493 e. The van der Waals surface area contributed by atoms with Crippen LogP contribution in [0, 0.1) is 10.1 Å². The van der Waals surface area contributed by atoms with Crippen LogP contribution in [0.25, 0.3) is 0 Å². The largest absolute Gasteiger partial charge is 0.493 e. The fraction of sp³-hybridized carbons (Fsp3) is 0.333. The van der Waals surface area contributed by atoms with Crippen molar-refractivity contribution in [1.82, 2.24) is 0 Å². The van der Waals surface area contributed by atoms with Crippen LogP contribution in [0.4, 0.5) is 5.69 Å². The zero-order valence-electron chi connectivity index (χ0n) is 13.8. The first-order chi connectivity index (χ1) is 11.6. The van der Waals surface area contributed by atoms with Gasteiger partial charge in [-0.05, 0) is 24.6 Å². The first-order valence-corrected chi connectivity index (χ1v) is 8.05. The lowest BCUT2D eigenvalue weighted by molar-refractivity contribution is -0.690. The minimum atomic E-state index is -0.355. The Balaban J connectivity index is 2.05. The van der Waals surface area contributed by atoms with E-state index in [0.717, 1.165) is 29.8 Å². The molecule has 6 heteroatoms. The molecule has 3 rings (SSSR count). The molecule has 1 aliphatic heterocycles. The third-order valence-electron chi connectivity index (χ3n) is 4.32. The van der Waals surface area contributed by atoms with E-state index in [-0.39, 0.29) is 16.7 Å². The van der Waals surface area contributed by atoms with Gasteiger partial charge >= 0.3 is 0 Å². The topological polar surface area (TPSA) is 78.2 Å². The highest BCUT2D eigenvalue weighted by Crippen LogP contribution is 2.36. The molecule has 0 radical (unpaired) electrons. The summed E-state index contributed by atoms with van der Waals surface area (Å²) < 4.78 is 11.1. The van der Waals surface area contributed by atoms with Crippen molar-refractivity contribution in [2.24, 2.45) is 0 Å². The summed E-state index contributed by atoms with van der Waals surface area (Å²) in [6, 6.07) is 10.9. The molecule has 24 heavy (non-hydrogen) atoms. The Morgan fingerprint density at radius 1 is 1.29 bits per heavy atom. The number of benzene rings is 2. The number of nitrogens with two attached hydrogens (primary N) is 1. The lowest BCUT2D eigenvalue weighted by Gasteiger charge is -2.25. The molecule has 0 saturated heterocycles.